The smallest absolute Gasteiger partial charge is 0.216 e. The van der Waals surface area contributed by atoms with Crippen molar-refractivity contribution in [1.29, 1.82) is 0 Å². The molecule has 3 rings (SSSR count). The highest BCUT2D eigenvalue weighted by Crippen LogP contribution is 2.22. The number of aromatic nitrogens is 3. The van der Waals surface area contributed by atoms with Crippen LogP contribution in [-0.4, -0.2) is 21.7 Å². The Labute approximate surface area is 112 Å². The number of methoxy groups -OCH3 is 1. The van der Waals surface area contributed by atoms with Gasteiger partial charge in [-0.1, -0.05) is 28.1 Å². The predicted octanol–water partition coefficient (Wildman–Crippen LogP) is 3.17. The molecule has 0 amide bonds. The van der Waals surface area contributed by atoms with Gasteiger partial charge in [-0.2, -0.15) is 10.1 Å². The highest BCUT2D eigenvalue weighted by atomic mass is 79.9. The van der Waals surface area contributed by atoms with Crippen LogP contribution in [0.1, 0.15) is 0 Å². The lowest BCUT2D eigenvalue weighted by molar-refractivity contribution is 0.398. The summed E-state index contributed by atoms with van der Waals surface area (Å²) in [5, 5.41) is 4.47. The lowest BCUT2D eigenvalue weighted by Crippen LogP contribution is -1.92. The van der Waals surface area contributed by atoms with Crippen LogP contribution in [0.5, 0.6) is 5.88 Å². The van der Waals surface area contributed by atoms with Crippen LogP contribution in [0.15, 0.2) is 47.1 Å². The van der Waals surface area contributed by atoms with E-state index in [9.17, 15) is 0 Å². The Hall–Kier alpha value is -1.88. The SMILES string of the molecule is COc1ccn2nc(-c3ccc(Br)cc3)cc2n1. The number of halogens is 1. The van der Waals surface area contributed by atoms with Crippen LogP contribution in [0, 0.1) is 0 Å². The third-order valence-electron chi connectivity index (χ3n) is 2.65. The molecule has 0 aliphatic heterocycles. The lowest BCUT2D eigenvalue weighted by atomic mass is 10.2. The van der Waals surface area contributed by atoms with Gasteiger partial charge in [0.1, 0.15) is 0 Å². The second kappa shape index (κ2) is 4.42. The molecule has 0 aliphatic carbocycles. The van der Waals surface area contributed by atoms with Gasteiger partial charge in [-0.3, -0.25) is 0 Å². The van der Waals surface area contributed by atoms with Crippen molar-refractivity contribution in [2.45, 2.75) is 0 Å². The third kappa shape index (κ3) is 1.97. The molecule has 1 aromatic carbocycles. The maximum Gasteiger partial charge on any atom is 0.216 e. The first-order valence-electron chi connectivity index (χ1n) is 5.42. The van der Waals surface area contributed by atoms with E-state index in [2.05, 4.69) is 26.0 Å². The Morgan fingerprint density at radius 2 is 1.94 bits per heavy atom. The van der Waals surface area contributed by atoms with E-state index in [4.69, 9.17) is 4.74 Å². The Kier molecular flexibility index (Phi) is 2.76. The van der Waals surface area contributed by atoms with E-state index in [1.165, 1.54) is 0 Å². The summed E-state index contributed by atoms with van der Waals surface area (Å²) in [6.45, 7) is 0. The molecular formula is C13H10BrN3O. The molecule has 0 spiro atoms. The molecule has 0 aliphatic rings. The topological polar surface area (TPSA) is 39.4 Å². The van der Waals surface area contributed by atoms with Gasteiger partial charge >= 0.3 is 0 Å². The van der Waals surface area contributed by atoms with Gasteiger partial charge < -0.3 is 4.74 Å². The molecule has 5 heteroatoms. The van der Waals surface area contributed by atoms with Crippen molar-refractivity contribution in [2.75, 3.05) is 7.11 Å². The van der Waals surface area contributed by atoms with Gasteiger partial charge in [0, 0.05) is 28.4 Å². The van der Waals surface area contributed by atoms with Gasteiger partial charge in [-0.05, 0) is 12.1 Å². The average molecular weight is 304 g/mol. The zero-order chi connectivity index (χ0) is 12.5. The van der Waals surface area contributed by atoms with Gasteiger partial charge in [0.15, 0.2) is 5.65 Å². The fraction of sp³-hybridized carbons (Fsp3) is 0.0769. The highest BCUT2D eigenvalue weighted by Gasteiger charge is 2.06. The average Bonchev–Trinajstić information content (AvgIpc) is 2.82. The Balaban J connectivity index is 2.10. The van der Waals surface area contributed by atoms with Crippen LogP contribution in [0.25, 0.3) is 16.9 Å². The van der Waals surface area contributed by atoms with Crippen LogP contribution in [0.2, 0.25) is 0 Å². The molecule has 3 aromatic rings. The first-order chi connectivity index (χ1) is 8.76. The summed E-state index contributed by atoms with van der Waals surface area (Å²) in [5.41, 5.74) is 2.72. The quantitative estimate of drug-likeness (QED) is 0.730. The zero-order valence-electron chi connectivity index (χ0n) is 9.67. The van der Waals surface area contributed by atoms with Crippen molar-refractivity contribution in [1.82, 2.24) is 14.6 Å². The second-order valence-corrected chi connectivity index (χ2v) is 4.72. The van der Waals surface area contributed by atoms with Crippen molar-refractivity contribution >= 4 is 21.6 Å². The van der Waals surface area contributed by atoms with Gasteiger partial charge in [-0.15, -0.1) is 0 Å². The Morgan fingerprint density at radius 1 is 1.17 bits per heavy atom. The minimum Gasteiger partial charge on any atom is -0.481 e. The van der Waals surface area contributed by atoms with Crippen molar-refractivity contribution < 1.29 is 4.74 Å². The molecule has 0 N–H and O–H groups in total. The molecule has 4 nitrogen and oxygen atoms in total. The summed E-state index contributed by atoms with van der Waals surface area (Å²) in [6.07, 6.45) is 1.84. The van der Waals surface area contributed by atoms with Crippen molar-refractivity contribution in [2.24, 2.45) is 0 Å². The highest BCUT2D eigenvalue weighted by molar-refractivity contribution is 9.10. The fourth-order valence-corrected chi connectivity index (χ4v) is 2.00. The van der Waals surface area contributed by atoms with Crippen LogP contribution in [0.3, 0.4) is 0 Å². The van der Waals surface area contributed by atoms with Crippen LogP contribution >= 0.6 is 15.9 Å². The summed E-state index contributed by atoms with van der Waals surface area (Å²) < 4.78 is 7.88. The molecule has 0 unspecified atom stereocenters. The van der Waals surface area contributed by atoms with E-state index in [1.807, 2.05) is 36.5 Å². The summed E-state index contributed by atoms with van der Waals surface area (Å²) in [6, 6.07) is 11.7. The van der Waals surface area contributed by atoms with E-state index < -0.39 is 0 Å². The van der Waals surface area contributed by atoms with E-state index in [0.29, 0.717) is 5.88 Å². The van der Waals surface area contributed by atoms with E-state index >= 15 is 0 Å². The van der Waals surface area contributed by atoms with Gasteiger partial charge in [0.25, 0.3) is 0 Å². The first kappa shape index (κ1) is 11.2. The fourth-order valence-electron chi connectivity index (χ4n) is 1.74. The van der Waals surface area contributed by atoms with Crippen molar-refractivity contribution in [3.63, 3.8) is 0 Å². The van der Waals surface area contributed by atoms with E-state index in [1.54, 1.807) is 17.7 Å². The van der Waals surface area contributed by atoms with Crippen molar-refractivity contribution in [3.05, 3.63) is 47.1 Å². The normalized spacial score (nSPS) is 10.8. The molecule has 2 heterocycles. The molecule has 0 radical (unpaired) electrons. The summed E-state index contributed by atoms with van der Waals surface area (Å²) in [5.74, 6) is 0.588. The van der Waals surface area contributed by atoms with Crippen molar-refractivity contribution in [3.8, 4) is 17.1 Å². The number of rotatable bonds is 2. The number of nitrogens with zero attached hydrogens (tertiary/aromatic N) is 3. The number of ether oxygens (including phenoxy) is 1. The van der Waals surface area contributed by atoms with E-state index in [-0.39, 0.29) is 0 Å². The largest absolute Gasteiger partial charge is 0.481 e. The first-order valence-corrected chi connectivity index (χ1v) is 6.22. The van der Waals surface area contributed by atoms with Gasteiger partial charge in [0.05, 0.1) is 12.8 Å². The molecule has 0 bridgehead atoms. The number of hydrogen-bond donors (Lipinski definition) is 0. The molecule has 18 heavy (non-hydrogen) atoms. The lowest BCUT2D eigenvalue weighted by Gasteiger charge is -1.97. The second-order valence-electron chi connectivity index (χ2n) is 3.81. The van der Waals surface area contributed by atoms with Crippen LogP contribution in [0.4, 0.5) is 0 Å². The van der Waals surface area contributed by atoms with Gasteiger partial charge in [-0.25, -0.2) is 4.52 Å². The summed E-state index contributed by atoms with van der Waals surface area (Å²) >= 11 is 3.42. The summed E-state index contributed by atoms with van der Waals surface area (Å²) in [7, 11) is 1.60. The molecular weight excluding hydrogens is 294 g/mol. The number of benzene rings is 1. The van der Waals surface area contributed by atoms with Crippen LogP contribution < -0.4 is 4.74 Å². The monoisotopic (exact) mass is 303 g/mol. The Bertz CT molecular complexity index is 691. The molecule has 2 aromatic heterocycles. The maximum atomic E-state index is 5.09. The third-order valence-corrected chi connectivity index (χ3v) is 3.18. The minimum absolute atomic E-state index is 0.588. The molecule has 0 fully saturated rings. The molecule has 0 atom stereocenters. The minimum atomic E-state index is 0.588. The maximum absolute atomic E-state index is 5.09. The standard InChI is InChI=1S/C13H10BrN3O/c1-18-13-6-7-17-12(15-13)8-11(16-17)9-2-4-10(14)5-3-9/h2-8H,1H3. The predicted molar refractivity (Wildman–Crippen MR) is 72.7 cm³/mol. The molecule has 90 valence electrons. The molecule has 0 saturated carbocycles. The van der Waals surface area contributed by atoms with Gasteiger partial charge in [0.2, 0.25) is 5.88 Å². The number of fused-ring (bicyclic) bond motifs is 1. The van der Waals surface area contributed by atoms with Crippen LogP contribution in [-0.2, 0) is 0 Å². The van der Waals surface area contributed by atoms with E-state index in [0.717, 1.165) is 21.4 Å². The molecule has 0 saturated heterocycles. The summed E-state index contributed by atoms with van der Waals surface area (Å²) in [4.78, 5) is 4.33. The zero-order valence-corrected chi connectivity index (χ0v) is 11.3. The Morgan fingerprint density at radius 3 is 2.67 bits per heavy atom. The number of hydrogen-bond acceptors (Lipinski definition) is 3.